The average Bonchev–Trinajstić information content (AvgIpc) is 2.50. The van der Waals surface area contributed by atoms with Crippen LogP contribution in [0.15, 0.2) is 30.0 Å². The highest BCUT2D eigenvalue weighted by Gasteiger charge is 2.20. The number of nitriles is 1. The van der Waals surface area contributed by atoms with Crippen molar-refractivity contribution in [3.05, 3.63) is 40.0 Å². The Labute approximate surface area is 132 Å². The molecule has 2 rings (SSSR count). The molecular formula is C14H13Cl2N3O2. The number of hydrogen-bond acceptors (Lipinski definition) is 4. The van der Waals surface area contributed by atoms with Gasteiger partial charge < -0.3 is 15.0 Å². The highest BCUT2D eigenvalue weighted by atomic mass is 35.5. The lowest BCUT2D eigenvalue weighted by atomic mass is 10.2. The average molecular weight is 326 g/mol. The van der Waals surface area contributed by atoms with Crippen molar-refractivity contribution >= 4 is 34.8 Å². The standard InChI is InChI=1S/C14H13Cl2N3O2/c15-11-1-2-13(12(16)7-11)18-9-10(8-17)14(20)19-3-5-21-6-4-19/h1-2,7,9,18H,3-6H2/b10-9-. The fraction of sp³-hybridized carbons (Fsp3) is 0.286. The first-order chi connectivity index (χ1) is 10.1. The molecule has 1 heterocycles. The summed E-state index contributed by atoms with van der Waals surface area (Å²) in [7, 11) is 0. The molecule has 1 fully saturated rings. The van der Waals surface area contributed by atoms with Gasteiger partial charge in [-0.2, -0.15) is 5.26 Å². The third kappa shape index (κ3) is 4.11. The van der Waals surface area contributed by atoms with Crippen molar-refractivity contribution in [1.29, 1.82) is 5.26 Å². The summed E-state index contributed by atoms with van der Waals surface area (Å²) in [5.41, 5.74) is 0.589. The van der Waals surface area contributed by atoms with Crippen LogP contribution in [0.3, 0.4) is 0 Å². The maximum Gasteiger partial charge on any atom is 0.266 e. The van der Waals surface area contributed by atoms with Gasteiger partial charge in [-0.1, -0.05) is 23.2 Å². The molecule has 110 valence electrons. The van der Waals surface area contributed by atoms with Crippen LogP contribution in [0.1, 0.15) is 0 Å². The molecule has 7 heteroatoms. The molecule has 1 aliphatic rings. The molecule has 0 atom stereocenters. The highest BCUT2D eigenvalue weighted by Crippen LogP contribution is 2.25. The molecule has 1 aliphatic heterocycles. The molecule has 21 heavy (non-hydrogen) atoms. The number of hydrogen-bond donors (Lipinski definition) is 1. The van der Waals surface area contributed by atoms with Crippen LogP contribution in [0, 0.1) is 11.3 Å². The molecule has 0 saturated carbocycles. The number of anilines is 1. The molecule has 1 amide bonds. The molecule has 5 nitrogen and oxygen atoms in total. The van der Waals surface area contributed by atoms with Crippen LogP contribution >= 0.6 is 23.2 Å². The summed E-state index contributed by atoms with van der Waals surface area (Å²) < 4.78 is 5.18. The van der Waals surface area contributed by atoms with E-state index in [-0.39, 0.29) is 11.5 Å². The molecule has 0 spiro atoms. The summed E-state index contributed by atoms with van der Waals surface area (Å²) in [5, 5.41) is 12.9. The van der Waals surface area contributed by atoms with Crippen LogP contribution in [0.4, 0.5) is 5.69 Å². The second-order valence-electron chi connectivity index (χ2n) is 4.34. The predicted molar refractivity (Wildman–Crippen MR) is 81.2 cm³/mol. The van der Waals surface area contributed by atoms with E-state index in [1.807, 2.05) is 6.07 Å². The minimum Gasteiger partial charge on any atom is -0.378 e. The SMILES string of the molecule is N#C/C(=C/Nc1ccc(Cl)cc1Cl)C(=O)N1CCOCC1. The fourth-order valence-corrected chi connectivity index (χ4v) is 2.30. The topological polar surface area (TPSA) is 65.4 Å². The maximum atomic E-state index is 12.2. The van der Waals surface area contributed by atoms with Gasteiger partial charge in [-0.3, -0.25) is 4.79 Å². The minimum atomic E-state index is -0.321. The summed E-state index contributed by atoms with van der Waals surface area (Å²) in [6.45, 7) is 1.95. The van der Waals surface area contributed by atoms with Crippen molar-refractivity contribution < 1.29 is 9.53 Å². The van der Waals surface area contributed by atoms with E-state index in [0.29, 0.717) is 42.0 Å². The van der Waals surface area contributed by atoms with E-state index in [4.69, 9.17) is 33.2 Å². The van der Waals surface area contributed by atoms with Gasteiger partial charge in [0, 0.05) is 24.3 Å². The van der Waals surface area contributed by atoms with Crippen LogP contribution < -0.4 is 5.32 Å². The van der Waals surface area contributed by atoms with E-state index in [1.54, 1.807) is 23.1 Å². The van der Waals surface area contributed by atoms with Crippen LogP contribution in [0.25, 0.3) is 0 Å². The van der Waals surface area contributed by atoms with Gasteiger partial charge in [-0.05, 0) is 18.2 Å². The van der Waals surface area contributed by atoms with Crippen molar-refractivity contribution in [3.63, 3.8) is 0 Å². The van der Waals surface area contributed by atoms with Gasteiger partial charge in [0.15, 0.2) is 0 Å². The monoisotopic (exact) mass is 325 g/mol. The van der Waals surface area contributed by atoms with Crippen molar-refractivity contribution in [1.82, 2.24) is 4.90 Å². The zero-order chi connectivity index (χ0) is 15.2. The Morgan fingerprint density at radius 2 is 2.10 bits per heavy atom. The number of rotatable bonds is 3. The third-order valence-electron chi connectivity index (χ3n) is 2.95. The Balaban J connectivity index is 2.09. The first kappa shape index (κ1) is 15.6. The lowest BCUT2D eigenvalue weighted by Gasteiger charge is -2.26. The highest BCUT2D eigenvalue weighted by molar-refractivity contribution is 6.36. The second kappa shape index (κ2) is 7.32. The van der Waals surface area contributed by atoms with Crippen molar-refractivity contribution in [2.75, 3.05) is 31.6 Å². The Morgan fingerprint density at radius 1 is 1.38 bits per heavy atom. The zero-order valence-corrected chi connectivity index (χ0v) is 12.6. The molecule has 1 saturated heterocycles. The summed E-state index contributed by atoms with van der Waals surface area (Å²) in [5.74, 6) is -0.321. The molecular weight excluding hydrogens is 313 g/mol. The van der Waals surface area contributed by atoms with E-state index in [0.717, 1.165) is 0 Å². The number of nitrogens with zero attached hydrogens (tertiary/aromatic N) is 2. The van der Waals surface area contributed by atoms with Gasteiger partial charge in [-0.25, -0.2) is 0 Å². The van der Waals surface area contributed by atoms with E-state index in [9.17, 15) is 4.79 Å². The third-order valence-corrected chi connectivity index (χ3v) is 3.50. The summed E-state index contributed by atoms with van der Waals surface area (Å²) in [6, 6.07) is 6.82. The minimum absolute atomic E-state index is 0.0166. The summed E-state index contributed by atoms with van der Waals surface area (Å²) in [4.78, 5) is 13.8. The first-order valence-corrected chi connectivity index (χ1v) is 7.06. The van der Waals surface area contributed by atoms with E-state index < -0.39 is 0 Å². The number of nitrogens with one attached hydrogen (secondary N) is 1. The largest absolute Gasteiger partial charge is 0.378 e. The number of benzene rings is 1. The number of carbonyl (C=O) groups is 1. The van der Waals surface area contributed by atoms with E-state index in [1.165, 1.54) is 6.20 Å². The number of halogens is 2. The van der Waals surface area contributed by atoms with Crippen LogP contribution in [-0.4, -0.2) is 37.1 Å². The molecule has 0 aliphatic carbocycles. The molecule has 0 bridgehead atoms. The number of ether oxygens (including phenoxy) is 1. The van der Waals surface area contributed by atoms with Gasteiger partial charge in [-0.15, -0.1) is 0 Å². The Morgan fingerprint density at radius 3 is 2.71 bits per heavy atom. The lowest BCUT2D eigenvalue weighted by molar-refractivity contribution is -0.130. The van der Waals surface area contributed by atoms with Crippen LogP contribution in [0.5, 0.6) is 0 Å². The normalized spacial score (nSPS) is 15.5. The van der Waals surface area contributed by atoms with Crippen LogP contribution in [-0.2, 0) is 9.53 Å². The molecule has 0 aromatic heterocycles. The first-order valence-electron chi connectivity index (χ1n) is 6.30. The van der Waals surface area contributed by atoms with E-state index >= 15 is 0 Å². The Hall–Kier alpha value is -1.74. The van der Waals surface area contributed by atoms with Gasteiger partial charge in [0.25, 0.3) is 5.91 Å². The molecule has 1 aromatic carbocycles. The van der Waals surface area contributed by atoms with Gasteiger partial charge >= 0.3 is 0 Å². The van der Waals surface area contributed by atoms with Crippen LogP contribution in [0.2, 0.25) is 10.0 Å². The second-order valence-corrected chi connectivity index (χ2v) is 5.19. The van der Waals surface area contributed by atoms with Gasteiger partial charge in [0.1, 0.15) is 11.6 Å². The Kier molecular flexibility index (Phi) is 5.45. The lowest BCUT2D eigenvalue weighted by Crippen LogP contribution is -2.41. The zero-order valence-electron chi connectivity index (χ0n) is 11.1. The van der Waals surface area contributed by atoms with Crippen molar-refractivity contribution in [2.45, 2.75) is 0 Å². The molecule has 1 N–H and O–H groups in total. The maximum absolute atomic E-state index is 12.2. The predicted octanol–water partition coefficient (Wildman–Crippen LogP) is 2.67. The van der Waals surface area contributed by atoms with E-state index in [2.05, 4.69) is 5.32 Å². The van der Waals surface area contributed by atoms with Gasteiger partial charge in [0.05, 0.1) is 23.9 Å². The Bertz CT molecular complexity index is 605. The fourth-order valence-electron chi connectivity index (χ4n) is 1.84. The number of morpholine rings is 1. The summed E-state index contributed by atoms with van der Waals surface area (Å²) in [6.07, 6.45) is 1.35. The van der Waals surface area contributed by atoms with Crippen molar-refractivity contribution in [2.24, 2.45) is 0 Å². The summed E-state index contributed by atoms with van der Waals surface area (Å²) >= 11 is 11.8. The van der Waals surface area contributed by atoms with Crippen molar-refractivity contribution in [3.8, 4) is 6.07 Å². The smallest absolute Gasteiger partial charge is 0.266 e. The van der Waals surface area contributed by atoms with Gasteiger partial charge in [0.2, 0.25) is 0 Å². The quantitative estimate of drug-likeness (QED) is 0.685. The molecule has 1 aromatic rings. The molecule has 0 radical (unpaired) electrons. The molecule has 0 unspecified atom stereocenters. The number of amides is 1. The number of carbonyl (C=O) groups excluding carboxylic acids is 1.